The first kappa shape index (κ1) is 18.7. The minimum Gasteiger partial charge on any atom is -0.484 e. The number of ether oxygens (including phenoxy) is 1. The fourth-order valence-electron chi connectivity index (χ4n) is 2.94. The highest BCUT2D eigenvalue weighted by atomic mass is 16.5. The van der Waals surface area contributed by atoms with Crippen molar-refractivity contribution in [3.05, 3.63) is 54.0 Å². The minimum absolute atomic E-state index is 0.00312. The number of nitrogens with one attached hydrogen (secondary N) is 2. The van der Waals surface area contributed by atoms with Crippen LogP contribution in [0.1, 0.15) is 48.2 Å². The van der Waals surface area contributed by atoms with Crippen LogP contribution >= 0.6 is 0 Å². The lowest BCUT2D eigenvalue weighted by molar-refractivity contribution is -0.124. The smallest absolute Gasteiger partial charge is 0.307 e. The highest BCUT2D eigenvalue weighted by Gasteiger charge is 2.15. The number of carbonyl (C=O) groups excluding carboxylic acids is 2. The van der Waals surface area contributed by atoms with Gasteiger partial charge in [0.1, 0.15) is 5.75 Å². The molecular weight excluding hydrogens is 346 g/mol. The van der Waals surface area contributed by atoms with Crippen molar-refractivity contribution in [2.24, 2.45) is 5.10 Å². The number of hydrogen-bond acceptors (Lipinski definition) is 5. The van der Waals surface area contributed by atoms with Crippen LogP contribution in [0.2, 0.25) is 0 Å². The first-order valence-corrected chi connectivity index (χ1v) is 9.10. The first-order chi connectivity index (χ1) is 13.2. The maximum absolute atomic E-state index is 11.9. The van der Waals surface area contributed by atoms with Gasteiger partial charge < -0.3 is 14.5 Å². The van der Waals surface area contributed by atoms with Gasteiger partial charge in [0, 0.05) is 6.04 Å². The molecule has 3 rings (SSSR count). The quantitative estimate of drug-likeness (QED) is 0.580. The molecule has 0 bridgehead atoms. The van der Waals surface area contributed by atoms with Gasteiger partial charge in [-0.2, -0.15) is 5.10 Å². The molecule has 0 atom stereocenters. The van der Waals surface area contributed by atoms with Crippen molar-refractivity contribution in [3.8, 4) is 5.75 Å². The molecule has 1 saturated carbocycles. The van der Waals surface area contributed by atoms with Gasteiger partial charge in [-0.15, -0.1) is 0 Å². The Labute approximate surface area is 157 Å². The second-order valence-electron chi connectivity index (χ2n) is 6.44. The lowest BCUT2D eigenvalue weighted by Gasteiger charge is -2.22. The number of carbonyl (C=O) groups is 2. The zero-order chi connectivity index (χ0) is 18.9. The van der Waals surface area contributed by atoms with Crippen LogP contribution in [-0.2, 0) is 4.79 Å². The van der Waals surface area contributed by atoms with Crippen LogP contribution in [0, 0.1) is 0 Å². The van der Waals surface area contributed by atoms with Crippen molar-refractivity contribution in [1.82, 2.24) is 10.7 Å². The van der Waals surface area contributed by atoms with Crippen molar-refractivity contribution in [1.29, 1.82) is 0 Å². The third kappa shape index (κ3) is 5.99. The van der Waals surface area contributed by atoms with E-state index in [1.807, 2.05) is 0 Å². The lowest BCUT2D eigenvalue weighted by atomic mass is 9.95. The SMILES string of the molecule is O=C(COc1ccc(/C=N/NC(=O)c2ccco2)cc1)NC1CCCCC1. The van der Waals surface area contributed by atoms with E-state index in [4.69, 9.17) is 9.15 Å². The molecule has 1 fully saturated rings. The molecule has 1 aliphatic carbocycles. The largest absolute Gasteiger partial charge is 0.484 e. The number of nitrogens with zero attached hydrogens (tertiary/aromatic N) is 1. The molecule has 0 radical (unpaired) electrons. The normalized spacial score (nSPS) is 14.8. The van der Waals surface area contributed by atoms with E-state index in [0.29, 0.717) is 5.75 Å². The fourth-order valence-corrected chi connectivity index (χ4v) is 2.94. The molecule has 142 valence electrons. The monoisotopic (exact) mass is 369 g/mol. The summed E-state index contributed by atoms with van der Waals surface area (Å²) in [7, 11) is 0. The number of amides is 2. The van der Waals surface area contributed by atoms with Gasteiger partial charge in [0.2, 0.25) is 0 Å². The van der Waals surface area contributed by atoms with Crippen LogP contribution in [0.3, 0.4) is 0 Å². The molecule has 0 saturated heterocycles. The molecular formula is C20H23N3O4. The number of benzene rings is 1. The Morgan fingerprint density at radius 1 is 1.15 bits per heavy atom. The summed E-state index contributed by atoms with van der Waals surface area (Å²) in [5.41, 5.74) is 3.17. The summed E-state index contributed by atoms with van der Waals surface area (Å²) in [6.45, 7) is 0.00312. The Bertz CT molecular complexity index is 763. The van der Waals surface area contributed by atoms with Gasteiger partial charge in [0.15, 0.2) is 12.4 Å². The van der Waals surface area contributed by atoms with Crippen LogP contribution in [-0.4, -0.2) is 30.7 Å². The van der Waals surface area contributed by atoms with Crippen LogP contribution in [0.4, 0.5) is 0 Å². The lowest BCUT2D eigenvalue weighted by Crippen LogP contribution is -2.38. The predicted molar refractivity (Wildman–Crippen MR) is 101 cm³/mol. The van der Waals surface area contributed by atoms with Crippen LogP contribution < -0.4 is 15.5 Å². The van der Waals surface area contributed by atoms with Crippen molar-refractivity contribution in [3.63, 3.8) is 0 Å². The highest BCUT2D eigenvalue weighted by molar-refractivity contribution is 5.92. The second-order valence-corrected chi connectivity index (χ2v) is 6.44. The molecule has 7 heteroatoms. The summed E-state index contributed by atoms with van der Waals surface area (Å²) in [5, 5.41) is 6.89. The van der Waals surface area contributed by atoms with Gasteiger partial charge in [0.25, 0.3) is 5.91 Å². The molecule has 1 aliphatic rings. The maximum Gasteiger partial charge on any atom is 0.307 e. The molecule has 2 N–H and O–H groups in total. The van der Waals surface area contributed by atoms with E-state index >= 15 is 0 Å². The maximum atomic E-state index is 11.9. The van der Waals surface area contributed by atoms with Crippen molar-refractivity contribution < 1.29 is 18.7 Å². The number of hydrogen-bond donors (Lipinski definition) is 2. The zero-order valence-electron chi connectivity index (χ0n) is 15.0. The van der Waals surface area contributed by atoms with Crippen LogP contribution in [0.25, 0.3) is 0 Å². The molecule has 1 aromatic carbocycles. The summed E-state index contributed by atoms with van der Waals surface area (Å²) in [6, 6.07) is 10.6. The second kappa shape index (κ2) is 9.56. The predicted octanol–water partition coefficient (Wildman–Crippen LogP) is 2.87. The fraction of sp³-hybridized carbons (Fsp3) is 0.350. The Kier molecular flexibility index (Phi) is 6.62. The number of rotatable bonds is 7. The Morgan fingerprint density at radius 2 is 1.93 bits per heavy atom. The summed E-state index contributed by atoms with van der Waals surface area (Å²) < 4.78 is 10.5. The van der Waals surface area contributed by atoms with Crippen molar-refractivity contribution in [2.45, 2.75) is 38.1 Å². The van der Waals surface area contributed by atoms with Gasteiger partial charge in [0.05, 0.1) is 12.5 Å². The van der Waals surface area contributed by atoms with Gasteiger partial charge >= 0.3 is 5.91 Å². The topological polar surface area (TPSA) is 92.9 Å². The van der Waals surface area contributed by atoms with E-state index in [0.717, 1.165) is 18.4 Å². The van der Waals surface area contributed by atoms with E-state index in [2.05, 4.69) is 15.8 Å². The van der Waals surface area contributed by atoms with Gasteiger partial charge in [-0.3, -0.25) is 9.59 Å². The van der Waals surface area contributed by atoms with Gasteiger partial charge in [-0.05, 0) is 54.8 Å². The average Bonchev–Trinajstić information content (AvgIpc) is 3.23. The summed E-state index contributed by atoms with van der Waals surface area (Å²) in [6.07, 6.45) is 8.65. The molecule has 0 unspecified atom stereocenters. The summed E-state index contributed by atoms with van der Waals surface area (Å²) in [5.74, 6) is 0.293. The highest BCUT2D eigenvalue weighted by Crippen LogP contribution is 2.17. The summed E-state index contributed by atoms with van der Waals surface area (Å²) >= 11 is 0. The summed E-state index contributed by atoms with van der Waals surface area (Å²) in [4.78, 5) is 23.6. The van der Waals surface area contributed by atoms with Crippen LogP contribution in [0.15, 0.2) is 52.2 Å². The van der Waals surface area contributed by atoms with Crippen molar-refractivity contribution in [2.75, 3.05) is 6.61 Å². The molecule has 7 nitrogen and oxygen atoms in total. The van der Waals surface area contributed by atoms with E-state index in [1.165, 1.54) is 31.7 Å². The third-order valence-corrected chi connectivity index (χ3v) is 4.34. The Morgan fingerprint density at radius 3 is 2.63 bits per heavy atom. The first-order valence-electron chi connectivity index (χ1n) is 9.10. The molecule has 2 aromatic rings. The van der Waals surface area contributed by atoms with Crippen molar-refractivity contribution >= 4 is 18.0 Å². The zero-order valence-corrected chi connectivity index (χ0v) is 15.0. The van der Waals surface area contributed by atoms with E-state index in [-0.39, 0.29) is 24.3 Å². The van der Waals surface area contributed by atoms with Gasteiger partial charge in [-0.25, -0.2) is 5.43 Å². The van der Waals surface area contributed by atoms with E-state index < -0.39 is 5.91 Å². The van der Waals surface area contributed by atoms with Crippen LogP contribution in [0.5, 0.6) is 5.75 Å². The minimum atomic E-state index is -0.416. The molecule has 0 aliphatic heterocycles. The molecule has 0 spiro atoms. The number of furan rings is 1. The Balaban J connectivity index is 1.41. The van der Waals surface area contributed by atoms with E-state index in [9.17, 15) is 9.59 Å². The molecule has 1 aromatic heterocycles. The molecule has 1 heterocycles. The van der Waals surface area contributed by atoms with E-state index in [1.54, 1.807) is 36.4 Å². The third-order valence-electron chi connectivity index (χ3n) is 4.34. The standard InChI is InChI=1S/C20H23N3O4/c24-19(22-16-5-2-1-3-6-16)14-27-17-10-8-15(9-11-17)13-21-23-20(25)18-7-4-12-26-18/h4,7-13,16H,1-3,5-6,14H2,(H,22,24)(H,23,25)/b21-13+. The average molecular weight is 369 g/mol. The number of hydrazone groups is 1. The Hall–Kier alpha value is -3.09. The molecule has 27 heavy (non-hydrogen) atoms. The van der Waals surface area contributed by atoms with Gasteiger partial charge in [-0.1, -0.05) is 19.3 Å². The molecule has 2 amide bonds.